The zero-order valence-corrected chi connectivity index (χ0v) is 14.0. The zero-order chi connectivity index (χ0) is 15.8. The van der Waals surface area contributed by atoms with Crippen LogP contribution in [-0.4, -0.2) is 27.8 Å². The molecule has 116 valence electrons. The van der Waals surface area contributed by atoms with Gasteiger partial charge < -0.3 is 5.11 Å². The average Bonchev–Trinajstić information content (AvgIpc) is 2.39. The number of carboxylic acid groups (broad SMARTS) is 1. The summed E-state index contributed by atoms with van der Waals surface area (Å²) in [5.74, 6) is -0.884. The monoisotopic (exact) mass is 349 g/mol. The Kier molecular flexibility index (Phi) is 7.93. The number of aliphatic carboxylic acids is 1. The van der Waals surface area contributed by atoms with Gasteiger partial charge in [-0.15, -0.1) is 0 Å². The fourth-order valence-electron chi connectivity index (χ4n) is 1.66. The van der Waals surface area contributed by atoms with E-state index in [0.29, 0.717) is 27.9 Å². The van der Waals surface area contributed by atoms with Gasteiger partial charge in [0.15, 0.2) is 0 Å². The third kappa shape index (κ3) is 6.59. The molecule has 0 aliphatic carbocycles. The highest BCUT2D eigenvalue weighted by atomic mass is 35.5. The molecule has 0 unspecified atom stereocenters. The van der Waals surface area contributed by atoms with Crippen molar-refractivity contribution in [2.24, 2.45) is 0 Å². The molecule has 1 N–H and O–H groups in total. The van der Waals surface area contributed by atoms with Crippen LogP contribution in [0.5, 0.6) is 0 Å². The summed E-state index contributed by atoms with van der Waals surface area (Å²) in [4.78, 5) is 22.7. The normalized spacial score (nSPS) is 10.4. The molecule has 0 aliphatic heterocycles. The number of carboxylic acids is 1. The van der Waals surface area contributed by atoms with Crippen LogP contribution in [0, 0.1) is 0 Å². The first-order valence-electron chi connectivity index (χ1n) is 6.53. The number of halogens is 2. The summed E-state index contributed by atoms with van der Waals surface area (Å²) < 4.78 is 1.59. The Balaban J connectivity index is 2.54. The molecule has 0 bridgehead atoms. The predicted octanol–water partition coefficient (Wildman–Crippen LogP) is 4.49. The molecule has 0 heterocycles. The largest absolute Gasteiger partial charge is 0.481 e. The molecule has 1 amide bonds. The summed E-state index contributed by atoms with van der Waals surface area (Å²) in [6.07, 6.45) is 2.26. The van der Waals surface area contributed by atoms with Gasteiger partial charge in [-0.2, -0.15) is 0 Å². The van der Waals surface area contributed by atoms with E-state index in [1.165, 1.54) is 18.9 Å². The lowest BCUT2D eigenvalue weighted by molar-refractivity contribution is -0.137. The van der Waals surface area contributed by atoms with Crippen molar-refractivity contribution in [2.45, 2.75) is 37.5 Å². The summed E-state index contributed by atoms with van der Waals surface area (Å²) in [6.45, 7) is 2.01. The summed E-state index contributed by atoms with van der Waals surface area (Å²) in [5.41, 5.74) is 0. The van der Waals surface area contributed by atoms with Crippen molar-refractivity contribution in [2.75, 3.05) is 6.54 Å². The fraction of sp³-hybridized carbons (Fsp3) is 0.429. The van der Waals surface area contributed by atoms with Crippen molar-refractivity contribution >= 4 is 47.0 Å². The number of hydrogen-bond acceptors (Lipinski definition) is 3. The lowest BCUT2D eigenvalue weighted by atomic mass is 10.2. The van der Waals surface area contributed by atoms with Gasteiger partial charge in [0.1, 0.15) is 0 Å². The lowest BCUT2D eigenvalue weighted by Gasteiger charge is -2.20. The van der Waals surface area contributed by atoms with E-state index in [1.54, 1.807) is 22.5 Å². The summed E-state index contributed by atoms with van der Waals surface area (Å²) >= 11 is 13.4. The Bertz CT molecular complexity index is 491. The van der Waals surface area contributed by atoms with Gasteiger partial charge in [0.25, 0.3) is 0 Å². The molecule has 1 rings (SSSR count). The number of unbranched alkanes of at least 4 members (excludes halogenated alkanes) is 2. The quantitative estimate of drug-likeness (QED) is 0.554. The number of benzene rings is 1. The van der Waals surface area contributed by atoms with Crippen molar-refractivity contribution < 1.29 is 14.7 Å². The predicted molar refractivity (Wildman–Crippen MR) is 85.8 cm³/mol. The number of rotatable bonds is 8. The molecule has 0 atom stereocenters. The van der Waals surface area contributed by atoms with Crippen molar-refractivity contribution in [1.82, 2.24) is 4.31 Å². The van der Waals surface area contributed by atoms with Crippen LogP contribution in [-0.2, 0) is 9.59 Å². The Morgan fingerprint density at radius 3 is 2.33 bits per heavy atom. The number of hydrogen-bond donors (Lipinski definition) is 1. The molecule has 1 aromatic rings. The van der Waals surface area contributed by atoms with Crippen LogP contribution in [0.4, 0.5) is 0 Å². The molecule has 0 radical (unpaired) electrons. The number of carbonyl (C=O) groups excluding carboxylic acids is 1. The van der Waals surface area contributed by atoms with Gasteiger partial charge in [0.2, 0.25) is 5.91 Å². The number of nitrogens with zero attached hydrogens (tertiary/aromatic N) is 1. The first kappa shape index (κ1) is 18.1. The Hall–Kier alpha value is -0.910. The number of carbonyl (C=O) groups is 2. The van der Waals surface area contributed by atoms with Crippen molar-refractivity contribution in [3.8, 4) is 0 Å². The van der Waals surface area contributed by atoms with Gasteiger partial charge in [0.05, 0.1) is 14.9 Å². The van der Waals surface area contributed by atoms with Gasteiger partial charge in [-0.25, -0.2) is 0 Å². The maximum absolute atomic E-state index is 11.7. The van der Waals surface area contributed by atoms with Crippen LogP contribution in [0.2, 0.25) is 10.0 Å². The molecular weight excluding hydrogens is 333 g/mol. The van der Waals surface area contributed by atoms with Gasteiger partial charge >= 0.3 is 5.97 Å². The number of amides is 1. The molecule has 7 heteroatoms. The minimum atomic E-state index is -0.796. The third-order valence-corrected chi connectivity index (χ3v) is 4.86. The molecule has 0 aliphatic rings. The second-order valence-corrected chi connectivity index (χ2v) is 6.31. The van der Waals surface area contributed by atoms with E-state index in [9.17, 15) is 9.59 Å². The molecule has 0 saturated carbocycles. The van der Waals surface area contributed by atoms with E-state index < -0.39 is 5.97 Å². The van der Waals surface area contributed by atoms with E-state index in [4.69, 9.17) is 28.3 Å². The Morgan fingerprint density at radius 1 is 1.19 bits per heavy atom. The van der Waals surface area contributed by atoms with Gasteiger partial charge in [-0.3, -0.25) is 13.9 Å². The lowest BCUT2D eigenvalue weighted by Crippen LogP contribution is -2.22. The Morgan fingerprint density at radius 2 is 1.81 bits per heavy atom. The van der Waals surface area contributed by atoms with Crippen LogP contribution in [0.1, 0.15) is 32.6 Å². The summed E-state index contributed by atoms with van der Waals surface area (Å²) in [6, 6.07) is 5.20. The van der Waals surface area contributed by atoms with Crippen molar-refractivity contribution in [1.29, 1.82) is 0 Å². The molecule has 0 fully saturated rings. The zero-order valence-electron chi connectivity index (χ0n) is 11.6. The molecule has 1 aromatic carbocycles. The summed E-state index contributed by atoms with van der Waals surface area (Å²) in [5, 5.41) is 9.58. The fourth-order valence-corrected chi connectivity index (χ4v) is 3.14. The van der Waals surface area contributed by atoms with Crippen molar-refractivity contribution in [3.05, 3.63) is 28.2 Å². The second kappa shape index (κ2) is 9.18. The van der Waals surface area contributed by atoms with Crippen molar-refractivity contribution in [3.63, 3.8) is 0 Å². The van der Waals surface area contributed by atoms with Crippen LogP contribution < -0.4 is 0 Å². The van der Waals surface area contributed by atoms with E-state index in [-0.39, 0.29) is 12.3 Å². The maximum atomic E-state index is 11.7. The standard InChI is InChI=1S/C14H17Cl2NO3S/c1-10(18)17(9-4-2-3-8-13(19)20)21-14-11(15)6-5-7-12(14)16/h5-7H,2-4,8-9H2,1H3,(H,19,20). The smallest absolute Gasteiger partial charge is 0.303 e. The van der Waals surface area contributed by atoms with Crippen LogP contribution in [0.3, 0.4) is 0 Å². The molecular formula is C14H17Cl2NO3S. The van der Waals surface area contributed by atoms with E-state index in [1.807, 2.05) is 0 Å². The highest BCUT2D eigenvalue weighted by Gasteiger charge is 2.15. The highest BCUT2D eigenvalue weighted by Crippen LogP contribution is 2.36. The van der Waals surface area contributed by atoms with E-state index in [2.05, 4.69) is 0 Å². The minimum Gasteiger partial charge on any atom is -0.481 e. The maximum Gasteiger partial charge on any atom is 0.303 e. The van der Waals surface area contributed by atoms with Gasteiger partial charge in [-0.1, -0.05) is 35.7 Å². The summed E-state index contributed by atoms with van der Waals surface area (Å²) in [7, 11) is 0. The molecule has 21 heavy (non-hydrogen) atoms. The van der Waals surface area contributed by atoms with E-state index in [0.717, 1.165) is 12.8 Å². The average molecular weight is 350 g/mol. The Labute approximate surface area is 138 Å². The highest BCUT2D eigenvalue weighted by molar-refractivity contribution is 7.97. The van der Waals surface area contributed by atoms with Crippen LogP contribution in [0.25, 0.3) is 0 Å². The van der Waals surface area contributed by atoms with Crippen LogP contribution >= 0.6 is 35.1 Å². The molecule has 0 spiro atoms. The topological polar surface area (TPSA) is 57.6 Å². The SMILES string of the molecule is CC(=O)N(CCCCCC(=O)O)Sc1c(Cl)cccc1Cl. The minimum absolute atomic E-state index is 0.0887. The first-order chi connectivity index (χ1) is 9.91. The molecule has 0 saturated heterocycles. The molecule has 4 nitrogen and oxygen atoms in total. The third-order valence-electron chi connectivity index (χ3n) is 2.72. The van der Waals surface area contributed by atoms with Crippen LogP contribution in [0.15, 0.2) is 23.1 Å². The van der Waals surface area contributed by atoms with E-state index >= 15 is 0 Å². The van der Waals surface area contributed by atoms with Gasteiger partial charge in [0, 0.05) is 19.9 Å². The first-order valence-corrected chi connectivity index (χ1v) is 8.06. The molecule has 0 aromatic heterocycles. The second-order valence-electron chi connectivity index (χ2n) is 4.47. The van der Waals surface area contributed by atoms with Gasteiger partial charge in [-0.05, 0) is 36.9 Å².